The molecule has 0 bridgehead atoms. The molecule has 2 aromatic rings. The van der Waals surface area contributed by atoms with E-state index in [9.17, 15) is 18.0 Å². The number of aryl methyl sites for hydroxylation is 1. The van der Waals surface area contributed by atoms with E-state index in [2.05, 4.69) is 15.0 Å². The van der Waals surface area contributed by atoms with Crippen LogP contribution in [0.4, 0.5) is 0 Å². The quantitative estimate of drug-likeness (QED) is 0.516. The zero-order valence-electron chi connectivity index (χ0n) is 17.6. The van der Waals surface area contributed by atoms with Crippen LogP contribution in [0.25, 0.3) is 0 Å². The van der Waals surface area contributed by atoms with Gasteiger partial charge in [0.15, 0.2) is 0 Å². The molecule has 0 unspecified atom stereocenters. The number of likely N-dealkylation sites (tertiary alicyclic amines) is 1. The molecule has 1 aliphatic rings. The van der Waals surface area contributed by atoms with Gasteiger partial charge in [0.25, 0.3) is 0 Å². The third kappa shape index (κ3) is 6.90. The molecule has 31 heavy (non-hydrogen) atoms. The minimum atomic E-state index is -3.60. The third-order valence-electron chi connectivity index (χ3n) is 5.23. The van der Waals surface area contributed by atoms with Crippen molar-refractivity contribution in [1.29, 1.82) is 0 Å². The average Bonchev–Trinajstić information content (AvgIpc) is 3.42. The molecule has 2 heterocycles. The fourth-order valence-electron chi connectivity index (χ4n) is 3.80. The smallest absolute Gasteiger partial charge is 0.242 e. The standard InChI is InChI=1S/C21H29N5O4S/c1-31(29,30)24-18(15-17-7-3-2-4-8-17)21(28)26-13-5-9-19(26)20(27)23-10-6-12-25-14-11-22-16-25/h2-4,7-8,11,14,16,18-19,24H,5-6,9-10,12-13,15H2,1H3,(H,23,27)/t18-,19+/m1/s1. The van der Waals surface area contributed by atoms with Crippen LogP contribution in [0, 0.1) is 0 Å². The summed E-state index contributed by atoms with van der Waals surface area (Å²) in [5, 5.41) is 2.90. The minimum absolute atomic E-state index is 0.200. The van der Waals surface area contributed by atoms with Crippen molar-refractivity contribution in [2.24, 2.45) is 0 Å². The number of carbonyl (C=O) groups excluding carboxylic acids is 2. The highest BCUT2D eigenvalue weighted by Crippen LogP contribution is 2.20. The molecule has 168 valence electrons. The number of benzene rings is 1. The molecule has 2 atom stereocenters. The van der Waals surface area contributed by atoms with Crippen LogP contribution in [0.5, 0.6) is 0 Å². The first-order valence-electron chi connectivity index (χ1n) is 10.4. The normalized spacial score (nSPS) is 17.5. The van der Waals surface area contributed by atoms with Gasteiger partial charge in [0.05, 0.1) is 12.6 Å². The first kappa shape index (κ1) is 23.0. The monoisotopic (exact) mass is 447 g/mol. The van der Waals surface area contributed by atoms with Gasteiger partial charge in [0.1, 0.15) is 12.1 Å². The summed E-state index contributed by atoms with van der Waals surface area (Å²) in [7, 11) is -3.60. The minimum Gasteiger partial charge on any atom is -0.354 e. The van der Waals surface area contributed by atoms with E-state index in [0.29, 0.717) is 25.9 Å². The average molecular weight is 448 g/mol. The molecule has 10 heteroatoms. The number of nitrogens with one attached hydrogen (secondary N) is 2. The van der Waals surface area contributed by atoms with Crippen molar-refractivity contribution in [2.75, 3.05) is 19.3 Å². The summed E-state index contributed by atoms with van der Waals surface area (Å²) >= 11 is 0. The number of hydrogen-bond donors (Lipinski definition) is 2. The van der Waals surface area contributed by atoms with E-state index < -0.39 is 22.1 Å². The second-order valence-corrected chi connectivity index (χ2v) is 9.55. The molecule has 1 aliphatic heterocycles. The zero-order chi connectivity index (χ0) is 22.3. The summed E-state index contributed by atoms with van der Waals surface area (Å²) in [5.41, 5.74) is 0.844. The fraction of sp³-hybridized carbons (Fsp3) is 0.476. The number of aromatic nitrogens is 2. The van der Waals surface area contributed by atoms with E-state index in [1.165, 1.54) is 4.90 Å². The van der Waals surface area contributed by atoms with Crippen LogP contribution in [0.3, 0.4) is 0 Å². The Hall–Kier alpha value is -2.72. The molecule has 1 aromatic carbocycles. The summed E-state index contributed by atoms with van der Waals surface area (Å²) in [6, 6.07) is 7.70. The van der Waals surface area contributed by atoms with E-state index in [1.807, 2.05) is 41.1 Å². The molecule has 2 N–H and O–H groups in total. The second kappa shape index (κ2) is 10.5. The van der Waals surface area contributed by atoms with Crippen LogP contribution >= 0.6 is 0 Å². The maximum absolute atomic E-state index is 13.2. The van der Waals surface area contributed by atoms with Crippen molar-refractivity contribution in [2.45, 2.75) is 44.3 Å². The van der Waals surface area contributed by atoms with Crippen LogP contribution in [0.2, 0.25) is 0 Å². The van der Waals surface area contributed by atoms with Gasteiger partial charge in [-0.3, -0.25) is 9.59 Å². The number of nitrogens with zero attached hydrogens (tertiary/aromatic N) is 3. The Kier molecular flexibility index (Phi) is 7.80. The van der Waals surface area contributed by atoms with Crippen molar-refractivity contribution in [3.05, 3.63) is 54.6 Å². The first-order valence-corrected chi connectivity index (χ1v) is 12.3. The lowest BCUT2D eigenvalue weighted by Gasteiger charge is -2.28. The van der Waals surface area contributed by atoms with Gasteiger partial charge in [-0.2, -0.15) is 0 Å². The second-order valence-electron chi connectivity index (χ2n) is 7.77. The van der Waals surface area contributed by atoms with Crippen LogP contribution in [0.15, 0.2) is 49.1 Å². The summed E-state index contributed by atoms with van der Waals surface area (Å²) in [4.78, 5) is 31.5. The van der Waals surface area contributed by atoms with E-state index in [-0.39, 0.29) is 18.2 Å². The Bertz CT molecular complexity index is 963. The molecular weight excluding hydrogens is 418 g/mol. The Morgan fingerprint density at radius 1 is 1.26 bits per heavy atom. The molecule has 0 spiro atoms. The van der Waals surface area contributed by atoms with Gasteiger partial charge in [-0.05, 0) is 31.2 Å². The Labute approximate surface area is 182 Å². The van der Waals surface area contributed by atoms with Gasteiger partial charge in [-0.25, -0.2) is 18.1 Å². The molecule has 2 amide bonds. The maximum Gasteiger partial charge on any atom is 0.242 e. The first-order chi connectivity index (χ1) is 14.8. The predicted octanol–water partition coefficient (Wildman–Crippen LogP) is 0.541. The predicted molar refractivity (Wildman–Crippen MR) is 117 cm³/mol. The highest BCUT2D eigenvalue weighted by molar-refractivity contribution is 7.88. The summed E-state index contributed by atoms with van der Waals surface area (Å²) in [5.74, 6) is -0.570. The highest BCUT2D eigenvalue weighted by atomic mass is 32.2. The Balaban J connectivity index is 1.61. The highest BCUT2D eigenvalue weighted by Gasteiger charge is 2.37. The molecule has 0 aliphatic carbocycles. The number of imidazole rings is 1. The van der Waals surface area contributed by atoms with Gasteiger partial charge in [0.2, 0.25) is 21.8 Å². The lowest BCUT2D eigenvalue weighted by molar-refractivity contribution is -0.139. The molecule has 1 fully saturated rings. The van der Waals surface area contributed by atoms with Crippen molar-refractivity contribution < 1.29 is 18.0 Å². The number of hydrogen-bond acceptors (Lipinski definition) is 5. The zero-order valence-corrected chi connectivity index (χ0v) is 18.4. The molecular formula is C21H29N5O4S. The van der Waals surface area contributed by atoms with Crippen LogP contribution < -0.4 is 10.0 Å². The molecule has 3 rings (SSSR count). The third-order valence-corrected chi connectivity index (χ3v) is 5.94. The lowest BCUT2D eigenvalue weighted by atomic mass is 10.1. The fourth-order valence-corrected chi connectivity index (χ4v) is 4.50. The number of sulfonamides is 1. The van der Waals surface area contributed by atoms with Crippen LogP contribution in [0.1, 0.15) is 24.8 Å². The molecule has 1 saturated heterocycles. The molecule has 9 nitrogen and oxygen atoms in total. The van der Waals surface area contributed by atoms with E-state index in [0.717, 1.165) is 24.8 Å². The number of rotatable bonds is 10. The number of amides is 2. The summed E-state index contributed by atoms with van der Waals surface area (Å²) in [6.07, 6.45) is 8.56. The van der Waals surface area contributed by atoms with Crippen LogP contribution in [-0.2, 0) is 32.6 Å². The Morgan fingerprint density at radius 2 is 2.03 bits per heavy atom. The van der Waals surface area contributed by atoms with E-state index in [4.69, 9.17) is 0 Å². The molecule has 1 aromatic heterocycles. The lowest BCUT2D eigenvalue weighted by Crippen LogP contribution is -2.54. The van der Waals surface area contributed by atoms with Gasteiger partial charge >= 0.3 is 0 Å². The molecule has 0 saturated carbocycles. The van der Waals surface area contributed by atoms with Crippen molar-refractivity contribution in [3.8, 4) is 0 Å². The van der Waals surface area contributed by atoms with Crippen molar-refractivity contribution >= 4 is 21.8 Å². The number of carbonyl (C=O) groups is 2. The van der Waals surface area contributed by atoms with Gasteiger partial charge in [0, 0.05) is 32.0 Å². The van der Waals surface area contributed by atoms with Gasteiger partial charge < -0.3 is 14.8 Å². The maximum atomic E-state index is 13.2. The van der Waals surface area contributed by atoms with Crippen molar-refractivity contribution in [1.82, 2.24) is 24.5 Å². The van der Waals surface area contributed by atoms with E-state index >= 15 is 0 Å². The van der Waals surface area contributed by atoms with Gasteiger partial charge in [-0.1, -0.05) is 30.3 Å². The largest absolute Gasteiger partial charge is 0.354 e. The van der Waals surface area contributed by atoms with Gasteiger partial charge in [-0.15, -0.1) is 0 Å². The summed E-state index contributed by atoms with van der Waals surface area (Å²) < 4.78 is 28.1. The van der Waals surface area contributed by atoms with Crippen LogP contribution in [-0.4, -0.2) is 66.1 Å². The summed E-state index contributed by atoms with van der Waals surface area (Å²) in [6.45, 7) is 1.66. The SMILES string of the molecule is CS(=O)(=O)N[C@H](Cc1ccccc1)C(=O)N1CCC[C@H]1C(=O)NCCCn1ccnc1. The molecule has 0 radical (unpaired) electrons. The topological polar surface area (TPSA) is 113 Å². The van der Waals surface area contributed by atoms with E-state index in [1.54, 1.807) is 12.5 Å². The Morgan fingerprint density at radius 3 is 2.71 bits per heavy atom. The van der Waals surface area contributed by atoms with Crippen molar-refractivity contribution in [3.63, 3.8) is 0 Å².